The normalized spacial score (nSPS) is 18.8. The summed E-state index contributed by atoms with van der Waals surface area (Å²) in [5.41, 5.74) is 4.41. The molecule has 1 saturated heterocycles. The van der Waals surface area contributed by atoms with Crippen molar-refractivity contribution in [2.24, 2.45) is 5.92 Å². The average Bonchev–Trinajstić information content (AvgIpc) is 3.18. The molecule has 2 aromatic carbocycles. The second kappa shape index (κ2) is 10.6. The number of carboxylic acid groups (broad SMARTS) is 1. The fourth-order valence-electron chi connectivity index (χ4n) is 4.98. The highest BCUT2D eigenvalue weighted by molar-refractivity contribution is 5.89. The van der Waals surface area contributed by atoms with Crippen molar-refractivity contribution in [1.29, 1.82) is 0 Å². The third kappa shape index (κ3) is 5.29. The quantitative estimate of drug-likeness (QED) is 0.560. The van der Waals surface area contributed by atoms with E-state index in [4.69, 9.17) is 4.74 Å². The summed E-state index contributed by atoms with van der Waals surface area (Å²) in [6.07, 6.45) is 0.717. The van der Waals surface area contributed by atoms with Gasteiger partial charge in [-0.3, -0.25) is 9.59 Å². The van der Waals surface area contributed by atoms with Gasteiger partial charge in [-0.1, -0.05) is 55.5 Å². The maximum Gasteiger partial charge on any atom is 0.407 e. The highest BCUT2D eigenvalue weighted by Gasteiger charge is 2.37. The van der Waals surface area contributed by atoms with Crippen LogP contribution in [0.5, 0.6) is 0 Å². The molecule has 35 heavy (non-hydrogen) atoms. The first-order valence-electron chi connectivity index (χ1n) is 11.7. The summed E-state index contributed by atoms with van der Waals surface area (Å²) >= 11 is 0. The van der Waals surface area contributed by atoms with Crippen molar-refractivity contribution in [3.8, 4) is 11.1 Å². The standard InChI is InChI=1S/C26H29N3O6/c1-16-7-6-12-29(24(16)25(32)33)23(31)14-27-22(30)13-28-26(34)35-15-21-19-10-4-2-8-17(19)18-9-3-5-11-20(18)21/h2-5,8-11,16,21,24H,6-7,12-15H2,1H3,(H,27,30)(H,28,34)(H,32,33). The molecule has 1 fully saturated rings. The molecule has 0 bridgehead atoms. The lowest BCUT2D eigenvalue weighted by atomic mass is 9.91. The number of piperidine rings is 1. The summed E-state index contributed by atoms with van der Waals surface area (Å²) in [5, 5.41) is 14.3. The number of ether oxygens (including phenoxy) is 1. The van der Waals surface area contributed by atoms with Crippen molar-refractivity contribution in [2.75, 3.05) is 26.2 Å². The largest absolute Gasteiger partial charge is 0.480 e. The van der Waals surface area contributed by atoms with Gasteiger partial charge in [0, 0.05) is 12.5 Å². The smallest absolute Gasteiger partial charge is 0.407 e. The van der Waals surface area contributed by atoms with Crippen molar-refractivity contribution >= 4 is 23.9 Å². The van der Waals surface area contributed by atoms with Crippen LogP contribution in [0, 0.1) is 5.92 Å². The van der Waals surface area contributed by atoms with E-state index in [0.717, 1.165) is 28.7 Å². The highest BCUT2D eigenvalue weighted by Crippen LogP contribution is 2.44. The lowest BCUT2D eigenvalue weighted by molar-refractivity contribution is -0.154. The van der Waals surface area contributed by atoms with Crippen LogP contribution in [0.2, 0.25) is 0 Å². The predicted octanol–water partition coefficient (Wildman–Crippen LogP) is 2.35. The number of hydrogen-bond donors (Lipinski definition) is 3. The molecule has 9 heteroatoms. The lowest BCUT2D eigenvalue weighted by Crippen LogP contribution is -2.54. The Hall–Kier alpha value is -3.88. The Kier molecular flexibility index (Phi) is 7.33. The molecule has 1 aliphatic carbocycles. The van der Waals surface area contributed by atoms with Crippen molar-refractivity contribution in [2.45, 2.75) is 31.7 Å². The van der Waals surface area contributed by atoms with Gasteiger partial charge in [-0.25, -0.2) is 9.59 Å². The average molecular weight is 480 g/mol. The minimum Gasteiger partial charge on any atom is -0.480 e. The van der Waals surface area contributed by atoms with Crippen LogP contribution in [-0.2, 0) is 19.1 Å². The Morgan fingerprint density at radius 1 is 0.971 bits per heavy atom. The van der Waals surface area contributed by atoms with Gasteiger partial charge >= 0.3 is 12.1 Å². The number of aliphatic carboxylic acids is 1. The SMILES string of the molecule is CC1CCCN(C(=O)CNC(=O)CNC(=O)OCC2c3ccccc3-c3ccccc32)C1C(=O)O. The van der Waals surface area contributed by atoms with Crippen molar-refractivity contribution in [3.63, 3.8) is 0 Å². The summed E-state index contributed by atoms with van der Waals surface area (Å²) in [6, 6.07) is 15.1. The van der Waals surface area contributed by atoms with Crippen LogP contribution < -0.4 is 10.6 Å². The number of benzene rings is 2. The number of rotatable bonds is 7. The van der Waals surface area contributed by atoms with E-state index in [-0.39, 0.29) is 31.5 Å². The third-order valence-electron chi connectivity index (χ3n) is 6.68. The summed E-state index contributed by atoms with van der Waals surface area (Å²) in [4.78, 5) is 49.7. The number of fused-ring (bicyclic) bond motifs is 3. The predicted molar refractivity (Wildman–Crippen MR) is 128 cm³/mol. The summed E-state index contributed by atoms with van der Waals surface area (Å²) in [6.45, 7) is 1.58. The van der Waals surface area contributed by atoms with E-state index in [2.05, 4.69) is 10.6 Å². The number of carboxylic acids is 1. The van der Waals surface area contributed by atoms with E-state index in [1.54, 1.807) is 6.92 Å². The van der Waals surface area contributed by atoms with Crippen LogP contribution >= 0.6 is 0 Å². The molecule has 9 nitrogen and oxygen atoms in total. The van der Waals surface area contributed by atoms with Gasteiger partial charge in [0.05, 0.1) is 6.54 Å². The molecule has 1 aliphatic heterocycles. The second-order valence-electron chi connectivity index (χ2n) is 8.95. The van der Waals surface area contributed by atoms with Gasteiger partial charge < -0.3 is 25.4 Å². The molecule has 2 unspecified atom stereocenters. The first kappa shape index (κ1) is 24.3. The molecule has 0 radical (unpaired) electrons. The van der Waals surface area contributed by atoms with Crippen LogP contribution in [0.15, 0.2) is 48.5 Å². The van der Waals surface area contributed by atoms with Gasteiger partial charge in [-0.2, -0.15) is 0 Å². The Bertz CT molecular complexity index is 1090. The van der Waals surface area contributed by atoms with Gasteiger partial charge in [-0.15, -0.1) is 0 Å². The molecule has 2 atom stereocenters. The Morgan fingerprint density at radius 3 is 2.23 bits per heavy atom. The Balaban J connectivity index is 1.23. The van der Waals surface area contributed by atoms with Gasteiger partial charge in [-0.05, 0) is 41.0 Å². The zero-order valence-electron chi connectivity index (χ0n) is 19.5. The fourth-order valence-corrected chi connectivity index (χ4v) is 4.98. The van der Waals surface area contributed by atoms with E-state index in [1.807, 2.05) is 48.5 Å². The lowest BCUT2D eigenvalue weighted by Gasteiger charge is -2.37. The number of nitrogens with zero attached hydrogens (tertiary/aromatic N) is 1. The minimum atomic E-state index is -1.05. The van der Waals surface area contributed by atoms with Crippen LogP contribution in [0.25, 0.3) is 11.1 Å². The first-order valence-corrected chi connectivity index (χ1v) is 11.7. The maximum absolute atomic E-state index is 12.5. The molecule has 4 rings (SSSR count). The van der Waals surface area contributed by atoms with Gasteiger partial charge in [0.15, 0.2) is 0 Å². The van der Waals surface area contributed by atoms with Crippen LogP contribution in [0.3, 0.4) is 0 Å². The Morgan fingerprint density at radius 2 is 1.60 bits per heavy atom. The second-order valence-corrected chi connectivity index (χ2v) is 8.95. The molecule has 2 aliphatic rings. The molecular formula is C26H29N3O6. The monoisotopic (exact) mass is 479 g/mol. The molecule has 0 saturated carbocycles. The number of likely N-dealkylation sites (tertiary alicyclic amines) is 1. The Labute approximate surface area is 203 Å². The van der Waals surface area contributed by atoms with Crippen molar-refractivity contribution in [3.05, 3.63) is 59.7 Å². The molecule has 184 valence electrons. The maximum atomic E-state index is 12.5. The summed E-state index contributed by atoms with van der Waals surface area (Å²) in [5.74, 6) is -2.32. The number of amides is 3. The number of carbonyl (C=O) groups is 4. The summed E-state index contributed by atoms with van der Waals surface area (Å²) in [7, 11) is 0. The zero-order chi connectivity index (χ0) is 24.9. The molecule has 3 N–H and O–H groups in total. The number of carbonyl (C=O) groups excluding carboxylic acids is 3. The van der Waals surface area contributed by atoms with Gasteiger partial charge in [0.1, 0.15) is 19.2 Å². The van der Waals surface area contributed by atoms with Crippen LogP contribution in [-0.4, -0.2) is 66.2 Å². The molecular weight excluding hydrogens is 450 g/mol. The fraction of sp³-hybridized carbons (Fsp3) is 0.385. The number of hydrogen-bond acceptors (Lipinski definition) is 5. The topological polar surface area (TPSA) is 125 Å². The van der Waals surface area contributed by atoms with E-state index in [9.17, 15) is 24.3 Å². The molecule has 0 aromatic heterocycles. The zero-order valence-corrected chi connectivity index (χ0v) is 19.5. The number of alkyl carbamates (subject to hydrolysis) is 1. The highest BCUT2D eigenvalue weighted by atomic mass is 16.5. The molecule has 2 aromatic rings. The van der Waals surface area contributed by atoms with Crippen molar-refractivity contribution in [1.82, 2.24) is 15.5 Å². The first-order chi connectivity index (χ1) is 16.9. The van der Waals surface area contributed by atoms with Crippen molar-refractivity contribution < 1.29 is 29.0 Å². The van der Waals surface area contributed by atoms with Gasteiger partial charge in [0.2, 0.25) is 11.8 Å². The third-order valence-corrected chi connectivity index (χ3v) is 6.68. The van der Waals surface area contributed by atoms with Crippen LogP contribution in [0.4, 0.5) is 4.79 Å². The number of nitrogens with one attached hydrogen (secondary N) is 2. The molecule has 1 heterocycles. The van der Waals surface area contributed by atoms with E-state index in [0.29, 0.717) is 13.0 Å². The van der Waals surface area contributed by atoms with Crippen LogP contribution in [0.1, 0.15) is 36.8 Å². The molecule has 0 spiro atoms. The van der Waals surface area contributed by atoms with E-state index in [1.165, 1.54) is 4.90 Å². The molecule has 3 amide bonds. The summed E-state index contributed by atoms with van der Waals surface area (Å²) < 4.78 is 5.39. The van der Waals surface area contributed by atoms with E-state index < -0.39 is 29.9 Å². The van der Waals surface area contributed by atoms with Gasteiger partial charge in [0.25, 0.3) is 0 Å². The van der Waals surface area contributed by atoms with E-state index >= 15 is 0 Å². The minimum absolute atomic E-state index is 0.0892.